The Morgan fingerprint density at radius 2 is 1.28 bits per heavy atom. The van der Waals surface area contributed by atoms with E-state index in [9.17, 15) is 19.3 Å². The first kappa shape index (κ1) is 41.4. The van der Waals surface area contributed by atoms with E-state index in [-0.39, 0.29) is 36.4 Å². The fourth-order valence-corrected chi connectivity index (χ4v) is 12.1. The normalized spacial score (nSPS) is 21.4. The van der Waals surface area contributed by atoms with Gasteiger partial charge >= 0.3 is 0 Å². The van der Waals surface area contributed by atoms with E-state index in [1.54, 1.807) is 32.4 Å². The fourth-order valence-electron chi connectivity index (χ4n) is 9.26. The molecule has 13 heteroatoms. The van der Waals surface area contributed by atoms with Crippen LogP contribution in [0.1, 0.15) is 75.8 Å². The SMILES string of the molecule is COc1cc2c(cc1OCCCP(=O)(CCCO)CCCOc1cc3c(cc1OC)C(=O)N1CC(c4ccccc4)C[C@H]1CN3)N=C[C@@H]1CC(c3ccccc3)CN1C2=O. The number of ether oxygens (including phenoxy) is 4. The predicted octanol–water partition coefficient (Wildman–Crippen LogP) is 7.83. The van der Waals surface area contributed by atoms with Crippen molar-refractivity contribution in [3.05, 3.63) is 107 Å². The molecule has 316 valence electrons. The molecule has 2 N–H and O–H groups in total. The molecule has 0 saturated carbocycles. The minimum Gasteiger partial charge on any atom is -0.493 e. The highest BCUT2D eigenvalue weighted by atomic mass is 31.2. The van der Waals surface area contributed by atoms with Gasteiger partial charge in [0, 0.05) is 81.0 Å². The Morgan fingerprint density at radius 3 is 1.92 bits per heavy atom. The van der Waals surface area contributed by atoms with Crippen molar-refractivity contribution in [3.8, 4) is 23.0 Å². The topological polar surface area (TPSA) is 139 Å². The predicted molar refractivity (Wildman–Crippen MR) is 234 cm³/mol. The van der Waals surface area contributed by atoms with Gasteiger partial charge in [-0.1, -0.05) is 60.7 Å². The molecule has 0 bridgehead atoms. The second-order valence-electron chi connectivity index (χ2n) is 16.3. The molecule has 2 fully saturated rings. The molecule has 0 aliphatic carbocycles. The van der Waals surface area contributed by atoms with Crippen molar-refractivity contribution < 1.29 is 38.2 Å². The number of methoxy groups -OCH3 is 2. The molecular weight excluding hydrogens is 780 g/mol. The first-order valence-corrected chi connectivity index (χ1v) is 23.4. The average molecular weight is 835 g/mol. The maximum absolute atomic E-state index is 14.2. The number of aliphatic hydroxyl groups is 1. The van der Waals surface area contributed by atoms with Gasteiger partial charge in [0.25, 0.3) is 11.8 Å². The first-order valence-electron chi connectivity index (χ1n) is 21.1. The molecule has 12 nitrogen and oxygen atoms in total. The van der Waals surface area contributed by atoms with Crippen molar-refractivity contribution in [2.45, 2.75) is 56.0 Å². The molecule has 4 aromatic rings. The van der Waals surface area contributed by atoms with Crippen molar-refractivity contribution in [1.29, 1.82) is 0 Å². The highest BCUT2D eigenvalue weighted by Gasteiger charge is 2.40. The quantitative estimate of drug-likeness (QED) is 0.0806. The van der Waals surface area contributed by atoms with E-state index in [1.807, 2.05) is 58.5 Å². The molecule has 4 aliphatic heterocycles. The van der Waals surface area contributed by atoms with Gasteiger partial charge in [-0.3, -0.25) is 14.6 Å². The molecule has 0 radical (unpaired) electrons. The van der Waals surface area contributed by atoms with E-state index < -0.39 is 7.14 Å². The van der Waals surface area contributed by atoms with Crippen LogP contribution in [-0.4, -0.2) is 117 Å². The zero-order valence-corrected chi connectivity index (χ0v) is 35.4. The van der Waals surface area contributed by atoms with Gasteiger partial charge in [-0.2, -0.15) is 0 Å². The molecule has 60 heavy (non-hydrogen) atoms. The van der Waals surface area contributed by atoms with Crippen LogP contribution in [0, 0.1) is 0 Å². The summed E-state index contributed by atoms with van der Waals surface area (Å²) in [5.41, 5.74) is 4.78. The number of hydrogen-bond acceptors (Lipinski definition) is 10. The molecule has 8 rings (SSSR count). The molecule has 2 saturated heterocycles. The van der Waals surface area contributed by atoms with Gasteiger partial charge in [0.1, 0.15) is 0 Å². The Bertz CT molecular complexity index is 2240. The smallest absolute Gasteiger partial charge is 0.256 e. The minimum atomic E-state index is -2.68. The zero-order valence-electron chi connectivity index (χ0n) is 34.5. The van der Waals surface area contributed by atoms with Crippen LogP contribution in [0.2, 0.25) is 0 Å². The van der Waals surface area contributed by atoms with Gasteiger partial charge in [-0.25, -0.2) is 0 Å². The number of amides is 2. The van der Waals surface area contributed by atoms with Gasteiger partial charge in [0.2, 0.25) is 0 Å². The number of benzene rings is 4. The first-order chi connectivity index (χ1) is 29.3. The summed E-state index contributed by atoms with van der Waals surface area (Å²) in [6.45, 7) is 2.52. The number of fused-ring (bicyclic) bond motifs is 4. The standard InChI is InChI=1S/C47H55N4O8P/c1-56-42-24-38-40(48-28-36-22-34(30-50(36)46(38)53)32-12-5-3-6-13-32)26-44(42)58-17-10-20-60(55,19-9-16-52)21-11-18-59-45-27-41-39(25-43(45)57-2)47(54)51-31-35(23-37(51)29-49-41)33-14-7-4-8-15-33/h3-8,12-15,24-28,34-37,49,52H,9-11,16-23,29-31H2,1-2H3/t34?,35?,36-,37-,60?/m0/s1. The number of carbonyl (C=O) groups excluding carboxylic acids is 2. The molecule has 4 aliphatic rings. The zero-order chi connectivity index (χ0) is 41.6. The lowest BCUT2D eigenvalue weighted by molar-refractivity contribution is 0.0746. The number of aliphatic imine (C=N–C) groups is 1. The third-order valence-electron chi connectivity index (χ3n) is 12.4. The molecule has 4 heterocycles. The average Bonchev–Trinajstić information content (AvgIpc) is 3.86. The van der Waals surface area contributed by atoms with Crippen molar-refractivity contribution in [2.75, 3.05) is 77.5 Å². The second kappa shape index (κ2) is 18.5. The molecule has 4 aromatic carbocycles. The number of aliphatic hydroxyl groups excluding tert-OH is 1. The summed E-state index contributed by atoms with van der Waals surface area (Å²) in [6, 6.07) is 27.7. The molecular formula is C47H55N4O8P. The number of hydrogen-bond donors (Lipinski definition) is 2. The summed E-state index contributed by atoms with van der Waals surface area (Å²) in [5.74, 6) is 2.38. The fraction of sp³-hybridized carbons (Fsp3) is 0.426. The van der Waals surface area contributed by atoms with Crippen LogP contribution in [0.15, 0.2) is 89.9 Å². The van der Waals surface area contributed by atoms with E-state index >= 15 is 0 Å². The van der Waals surface area contributed by atoms with Gasteiger partial charge in [-0.15, -0.1) is 0 Å². The van der Waals surface area contributed by atoms with E-state index in [4.69, 9.17) is 23.9 Å². The number of nitrogens with zero attached hydrogens (tertiary/aromatic N) is 3. The van der Waals surface area contributed by atoms with Crippen molar-refractivity contribution >= 4 is 36.5 Å². The van der Waals surface area contributed by atoms with Crippen molar-refractivity contribution in [2.24, 2.45) is 4.99 Å². The van der Waals surface area contributed by atoms with E-state index in [0.29, 0.717) is 116 Å². The van der Waals surface area contributed by atoms with Crippen LogP contribution in [0.4, 0.5) is 11.4 Å². The monoisotopic (exact) mass is 834 g/mol. The summed E-state index contributed by atoms with van der Waals surface area (Å²) < 4.78 is 38.0. The number of nitrogens with one attached hydrogen (secondary N) is 1. The van der Waals surface area contributed by atoms with Crippen LogP contribution in [0.3, 0.4) is 0 Å². The second-order valence-corrected chi connectivity index (χ2v) is 19.7. The van der Waals surface area contributed by atoms with Gasteiger partial charge in [-0.05, 0) is 55.4 Å². The number of carbonyl (C=O) groups is 2. The third-order valence-corrected chi connectivity index (χ3v) is 15.8. The Kier molecular flexibility index (Phi) is 12.8. The molecule has 5 atom stereocenters. The lowest BCUT2D eigenvalue weighted by Gasteiger charge is -2.21. The van der Waals surface area contributed by atoms with Crippen LogP contribution in [-0.2, 0) is 4.57 Å². The maximum Gasteiger partial charge on any atom is 0.256 e. The van der Waals surface area contributed by atoms with E-state index in [1.165, 1.54) is 11.1 Å². The largest absolute Gasteiger partial charge is 0.493 e. The molecule has 3 unspecified atom stereocenters. The third kappa shape index (κ3) is 8.91. The van der Waals surface area contributed by atoms with Crippen LogP contribution in [0.25, 0.3) is 0 Å². The summed E-state index contributed by atoms with van der Waals surface area (Å²) in [5, 5.41) is 13.1. The van der Waals surface area contributed by atoms with E-state index in [2.05, 4.69) is 29.6 Å². The van der Waals surface area contributed by atoms with Gasteiger partial charge in [0.05, 0.1) is 63.1 Å². The number of rotatable bonds is 17. The van der Waals surface area contributed by atoms with Gasteiger partial charge < -0.3 is 43.7 Å². The van der Waals surface area contributed by atoms with Gasteiger partial charge in [0.15, 0.2) is 23.0 Å². The lowest BCUT2D eigenvalue weighted by Crippen LogP contribution is -2.37. The molecule has 2 amide bonds. The Balaban J connectivity index is 0.852. The Morgan fingerprint density at radius 1 is 0.717 bits per heavy atom. The highest BCUT2D eigenvalue weighted by molar-refractivity contribution is 7.63. The highest BCUT2D eigenvalue weighted by Crippen LogP contribution is 2.48. The maximum atomic E-state index is 14.2. The Labute approximate surface area is 352 Å². The number of anilines is 1. The summed E-state index contributed by atoms with van der Waals surface area (Å²) in [6.07, 6.45) is 6.45. The Hall–Kier alpha value is -5.32. The summed E-state index contributed by atoms with van der Waals surface area (Å²) >= 11 is 0. The summed E-state index contributed by atoms with van der Waals surface area (Å²) in [7, 11) is 0.439. The van der Waals surface area contributed by atoms with Crippen LogP contribution in [0.5, 0.6) is 23.0 Å². The lowest BCUT2D eigenvalue weighted by atomic mass is 9.96. The van der Waals surface area contributed by atoms with E-state index in [0.717, 1.165) is 18.5 Å². The van der Waals surface area contributed by atoms with Crippen LogP contribution < -0.4 is 24.3 Å². The minimum absolute atomic E-state index is 0.0149. The van der Waals surface area contributed by atoms with Crippen molar-refractivity contribution in [1.82, 2.24) is 9.80 Å². The molecule has 0 aromatic heterocycles. The molecule has 0 spiro atoms. The van der Waals surface area contributed by atoms with Crippen LogP contribution >= 0.6 is 7.14 Å². The van der Waals surface area contributed by atoms with Crippen molar-refractivity contribution in [3.63, 3.8) is 0 Å². The summed E-state index contributed by atoms with van der Waals surface area (Å²) in [4.78, 5) is 36.2.